The van der Waals surface area contributed by atoms with Crippen LogP contribution in [-0.2, 0) is 9.47 Å². The molecule has 0 aliphatic rings. The number of nitrogens with zero attached hydrogens (tertiary/aromatic N) is 1. The molecule has 2 N–H and O–H groups in total. The van der Waals surface area contributed by atoms with Crippen LogP contribution >= 0.6 is 0 Å². The summed E-state index contributed by atoms with van der Waals surface area (Å²) >= 11 is 0. The van der Waals surface area contributed by atoms with Gasteiger partial charge in [0.25, 0.3) is 0 Å². The molecule has 0 heterocycles. The number of benzene rings is 1. The van der Waals surface area contributed by atoms with E-state index in [0.29, 0.717) is 24.5 Å². The molecule has 0 bridgehead atoms. The van der Waals surface area contributed by atoms with E-state index >= 15 is 0 Å². The first-order valence-electron chi connectivity index (χ1n) is 6.44. The minimum atomic E-state index is -0.347. The summed E-state index contributed by atoms with van der Waals surface area (Å²) in [4.78, 5) is 13.7. The molecule has 0 aliphatic heterocycles. The van der Waals surface area contributed by atoms with Crippen LogP contribution in [0.1, 0.15) is 24.2 Å². The Hall–Kier alpha value is -1.75. The van der Waals surface area contributed by atoms with Gasteiger partial charge >= 0.3 is 5.97 Å². The van der Waals surface area contributed by atoms with Crippen LogP contribution in [-0.4, -0.2) is 39.4 Å². The second-order valence-corrected chi connectivity index (χ2v) is 4.07. The summed E-state index contributed by atoms with van der Waals surface area (Å²) in [6, 6.07) is 5.24. The van der Waals surface area contributed by atoms with E-state index in [1.165, 1.54) is 0 Å². The number of methoxy groups -OCH3 is 1. The summed E-state index contributed by atoms with van der Waals surface area (Å²) in [5.74, 6) is -0.347. The molecule has 5 heteroatoms. The van der Waals surface area contributed by atoms with Crippen LogP contribution in [0.4, 0.5) is 11.4 Å². The first kappa shape index (κ1) is 15.3. The van der Waals surface area contributed by atoms with Crippen molar-refractivity contribution in [1.29, 1.82) is 0 Å². The first-order chi connectivity index (χ1) is 9.13. The monoisotopic (exact) mass is 266 g/mol. The highest BCUT2D eigenvalue weighted by molar-refractivity contribution is 5.92. The first-order valence-corrected chi connectivity index (χ1v) is 6.44. The Morgan fingerprint density at radius 2 is 2.11 bits per heavy atom. The number of rotatable bonds is 7. The second-order valence-electron chi connectivity index (χ2n) is 4.07. The number of hydrogen-bond donors (Lipinski definition) is 1. The molecule has 106 valence electrons. The maximum absolute atomic E-state index is 11.6. The SMILES string of the molecule is CCOC(=O)c1ccc(N(CC)CCOC)c(N)c1. The van der Waals surface area contributed by atoms with Gasteiger partial charge in [0.1, 0.15) is 0 Å². The summed E-state index contributed by atoms with van der Waals surface area (Å²) in [5.41, 5.74) is 7.97. The van der Waals surface area contributed by atoms with Crippen LogP contribution in [0, 0.1) is 0 Å². The van der Waals surface area contributed by atoms with Crippen LogP contribution in [0.15, 0.2) is 18.2 Å². The molecule has 0 fully saturated rings. The Morgan fingerprint density at radius 1 is 1.37 bits per heavy atom. The predicted octanol–water partition coefficient (Wildman–Crippen LogP) is 1.92. The number of carbonyl (C=O) groups excluding carboxylic acids is 1. The molecule has 19 heavy (non-hydrogen) atoms. The molecule has 0 radical (unpaired) electrons. The second kappa shape index (κ2) is 7.63. The zero-order valence-corrected chi connectivity index (χ0v) is 11.8. The maximum atomic E-state index is 11.6. The fraction of sp³-hybridized carbons (Fsp3) is 0.500. The van der Waals surface area contributed by atoms with Crippen LogP contribution in [0.5, 0.6) is 0 Å². The molecular formula is C14H22N2O3. The van der Waals surface area contributed by atoms with Crippen molar-refractivity contribution in [3.63, 3.8) is 0 Å². The summed E-state index contributed by atoms with van der Waals surface area (Å²) in [6.45, 7) is 6.40. The van der Waals surface area contributed by atoms with Crippen molar-refractivity contribution in [3.8, 4) is 0 Å². The third-order valence-corrected chi connectivity index (χ3v) is 2.83. The third kappa shape index (κ3) is 4.13. The van der Waals surface area contributed by atoms with E-state index in [0.717, 1.165) is 18.8 Å². The molecule has 5 nitrogen and oxygen atoms in total. The smallest absolute Gasteiger partial charge is 0.338 e. The van der Waals surface area contributed by atoms with Gasteiger partial charge in [-0.1, -0.05) is 0 Å². The van der Waals surface area contributed by atoms with Gasteiger partial charge in [0.05, 0.1) is 30.2 Å². The van der Waals surface area contributed by atoms with Gasteiger partial charge in [-0.25, -0.2) is 4.79 Å². The zero-order chi connectivity index (χ0) is 14.3. The largest absolute Gasteiger partial charge is 0.462 e. The fourth-order valence-electron chi connectivity index (χ4n) is 1.83. The quantitative estimate of drug-likeness (QED) is 0.603. The average Bonchev–Trinajstić information content (AvgIpc) is 2.41. The maximum Gasteiger partial charge on any atom is 0.338 e. The minimum absolute atomic E-state index is 0.347. The molecule has 1 aromatic carbocycles. The molecule has 1 rings (SSSR count). The minimum Gasteiger partial charge on any atom is -0.462 e. The summed E-state index contributed by atoms with van der Waals surface area (Å²) in [5, 5.41) is 0. The number of nitrogens with two attached hydrogens (primary N) is 1. The lowest BCUT2D eigenvalue weighted by molar-refractivity contribution is 0.0526. The van der Waals surface area contributed by atoms with Crippen molar-refractivity contribution < 1.29 is 14.3 Å². The number of ether oxygens (including phenoxy) is 2. The van der Waals surface area contributed by atoms with Crippen molar-refractivity contribution in [1.82, 2.24) is 0 Å². The van der Waals surface area contributed by atoms with Crippen LogP contribution < -0.4 is 10.6 Å². The van der Waals surface area contributed by atoms with Crippen molar-refractivity contribution in [2.45, 2.75) is 13.8 Å². The lowest BCUT2D eigenvalue weighted by Crippen LogP contribution is -2.27. The van der Waals surface area contributed by atoms with Gasteiger partial charge in [-0.2, -0.15) is 0 Å². The van der Waals surface area contributed by atoms with Gasteiger partial charge in [0.2, 0.25) is 0 Å². The number of anilines is 2. The molecule has 1 aromatic rings. The van der Waals surface area contributed by atoms with Gasteiger partial charge in [-0.15, -0.1) is 0 Å². The van der Waals surface area contributed by atoms with Gasteiger partial charge in [0.15, 0.2) is 0 Å². The predicted molar refractivity (Wildman–Crippen MR) is 76.6 cm³/mol. The van der Waals surface area contributed by atoms with E-state index in [1.54, 1.807) is 26.2 Å². The third-order valence-electron chi connectivity index (χ3n) is 2.83. The highest BCUT2D eigenvalue weighted by atomic mass is 16.5. The lowest BCUT2D eigenvalue weighted by atomic mass is 10.1. The molecule has 0 aromatic heterocycles. The standard InChI is InChI=1S/C14H22N2O3/c1-4-16(8-9-18-3)13-7-6-11(10-12(13)15)14(17)19-5-2/h6-7,10H,4-5,8-9,15H2,1-3H3. The molecule has 0 spiro atoms. The van der Waals surface area contributed by atoms with Gasteiger partial charge in [0, 0.05) is 20.2 Å². The molecule has 0 unspecified atom stereocenters. The Morgan fingerprint density at radius 3 is 2.63 bits per heavy atom. The van der Waals surface area contributed by atoms with Crippen molar-refractivity contribution in [2.24, 2.45) is 0 Å². The summed E-state index contributed by atoms with van der Waals surface area (Å²) in [6.07, 6.45) is 0. The number of likely N-dealkylation sites (N-methyl/N-ethyl adjacent to an activating group) is 1. The molecule has 0 aliphatic carbocycles. The van der Waals surface area contributed by atoms with Gasteiger partial charge < -0.3 is 20.1 Å². The highest BCUT2D eigenvalue weighted by Crippen LogP contribution is 2.24. The van der Waals surface area contributed by atoms with E-state index in [-0.39, 0.29) is 5.97 Å². The van der Waals surface area contributed by atoms with Crippen molar-refractivity contribution in [3.05, 3.63) is 23.8 Å². The molecule has 0 amide bonds. The summed E-state index contributed by atoms with van der Waals surface area (Å²) in [7, 11) is 1.67. The molecule has 0 saturated heterocycles. The normalized spacial score (nSPS) is 10.3. The fourth-order valence-corrected chi connectivity index (χ4v) is 1.83. The Balaban J connectivity index is 2.89. The number of esters is 1. The van der Waals surface area contributed by atoms with E-state index in [1.807, 2.05) is 13.0 Å². The Kier molecular flexibility index (Phi) is 6.15. The van der Waals surface area contributed by atoms with Gasteiger partial charge in [-0.3, -0.25) is 0 Å². The zero-order valence-electron chi connectivity index (χ0n) is 11.8. The number of carbonyl (C=O) groups is 1. The van der Waals surface area contributed by atoms with Crippen molar-refractivity contribution >= 4 is 17.3 Å². The molecule has 0 saturated carbocycles. The van der Waals surface area contributed by atoms with E-state index in [9.17, 15) is 4.79 Å². The molecular weight excluding hydrogens is 244 g/mol. The Labute approximate surface area is 114 Å². The van der Waals surface area contributed by atoms with E-state index < -0.39 is 0 Å². The number of hydrogen-bond acceptors (Lipinski definition) is 5. The lowest BCUT2D eigenvalue weighted by Gasteiger charge is -2.24. The number of nitrogen functional groups attached to an aromatic ring is 1. The van der Waals surface area contributed by atoms with E-state index in [2.05, 4.69) is 4.90 Å². The average molecular weight is 266 g/mol. The highest BCUT2D eigenvalue weighted by Gasteiger charge is 2.12. The van der Waals surface area contributed by atoms with E-state index in [4.69, 9.17) is 15.2 Å². The topological polar surface area (TPSA) is 64.8 Å². The van der Waals surface area contributed by atoms with Crippen LogP contribution in [0.25, 0.3) is 0 Å². The summed E-state index contributed by atoms with van der Waals surface area (Å²) < 4.78 is 10.0. The Bertz CT molecular complexity index is 421. The van der Waals surface area contributed by atoms with Crippen molar-refractivity contribution in [2.75, 3.05) is 44.0 Å². The van der Waals surface area contributed by atoms with Crippen LogP contribution in [0.2, 0.25) is 0 Å². The molecule has 0 atom stereocenters. The van der Waals surface area contributed by atoms with Gasteiger partial charge in [-0.05, 0) is 32.0 Å². The van der Waals surface area contributed by atoms with Crippen LogP contribution in [0.3, 0.4) is 0 Å².